The zero-order valence-corrected chi connectivity index (χ0v) is 9.89. The molecule has 1 saturated heterocycles. The predicted octanol–water partition coefficient (Wildman–Crippen LogP) is 2.64. The molecule has 0 unspecified atom stereocenters. The van der Waals surface area contributed by atoms with Crippen LogP contribution in [0.25, 0.3) is 0 Å². The minimum absolute atomic E-state index is 0.0602. The van der Waals surface area contributed by atoms with E-state index in [-0.39, 0.29) is 11.7 Å². The van der Waals surface area contributed by atoms with Crippen LogP contribution in [0.15, 0.2) is 18.2 Å². The topological polar surface area (TPSA) is 15.3 Å². The third kappa shape index (κ3) is 2.58. The predicted molar refractivity (Wildman–Crippen MR) is 61.1 cm³/mol. The number of hydrogen-bond acceptors (Lipinski definition) is 2. The summed E-state index contributed by atoms with van der Waals surface area (Å²) in [5.41, 5.74) is -0.719. The fraction of sp³-hybridized carbons (Fsp3) is 0.500. The van der Waals surface area contributed by atoms with E-state index in [4.69, 9.17) is 0 Å². The van der Waals surface area contributed by atoms with Crippen molar-refractivity contribution >= 4 is 5.69 Å². The van der Waals surface area contributed by atoms with E-state index in [0.29, 0.717) is 25.7 Å². The van der Waals surface area contributed by atoms with Crippen LogP contribution in [0.3, 0.4) is 0 Å². The van der Waals surface area contributed by atoms with Crippen LogP contribution in [0, 0.1) is 5.82 Å². The molecule has 0 aromatic heterocycles. The third-order valence-corrected chi connectivity index (χ3v) is 3.09. The van der Waals surface area contributed by atoms with E-state index in [1.54, 1.807) is 4.90 Å². The molecule has 0 bridgehead atoms. The highest BCUT2D eigenvalue weighted by atomic mass is 19.4. The fourth-order valence-corrected chi connectivity index (χ4v) is 2.12. The maximum atomic E-state index is 13.8. The van der Waals surface area contributed by atoms with Gasteiger partial charge in [-0.3, -0.25) is 0 Å². The summed E-state index contributed by atoms with van der Waals surface area (Å²) in [6, 6.07) is 2.75. The van der Waals surface area contributed by atoms with Gasteiger partial charge < -0.3 is 10.2 Å². The molecule has 6 heteroatoms. The zero-order chi connectivity index (χ0) is 13.3. The van der Waals surface area contributed by atoms with Gasteiger partial charge in [0, 0.05) is 25.7 Å². The lowest BCUT2D eigenvalue weighted by Crippen LogP contribution is -2.50. The number of rotatable bonds is 1. The Morgan fingerprint density at radius 2 is 2.06 bits per heavy atom. The van der Waals surface area contributed by atoms with E-state index in [1.165, 1.54) is 6.07 Å². The number of halogens is 4. The van der Waals surface area contributed by atoms with Crippen LogP contribution in [0.5, 0.6) is 0 Å². The number of benzene rings is 1. The Bertz CT molecular complexity index is 431. The number of nitrogens with zero attached hydrogens (tertiary/aromatic N) is 1. The highest BCUT2D eigenvalue weighted by Crippen LogP contribution is 2.32. The summed E-state index contributed by atoms with van der Waals surface area (Å²) in [6.45, 7) is 3.89. The van der Waals surface area contributed by atoms with Crippen molar-refractivity contribution < 1.29 is 17.6 Å². The normalized spacial score (nSPS) is 21.2. The molecule has 0 saturated carbocycles. The summed E-state index contributed by atoms with van der Waals surface area (Å²) >= 11 is 0. The molecule has 1 fully saturated rings. The first kappa shape index (κ1) is 13.1. The molecule has 0 amide bonds. The van der Waals surface area contributed by atoms with Crippen LogP contribution in [-0.4, -0.2) is 25.7 Å². The Balaban J connectivity index is 2.29. The van der Waals surface area contributed by atoms with Crippen molar-refractivity contribution in [1.82, 2.24) is 5.32 Å². The smallest absolute Gasteiger partial charge is 0.364 e. The second-order valence-corrected chi connectivity index (χ2v) is 4.41. The van der Waals surface area contributed by atoms with E-state index in [1.807, 2.05) is 6.92 Å². The molecule has 1 N–H and O–H groups in total. The number of nitrogens with one attached hydrogen (secondary N) is 1. The van der Waals surface area contributed by atoms with Gasteiger partial charge in [-0.1, -0.05) is 0 Å². The molecule has 100 valence electrons. The fourth-order valence-electron chi connectivity index (χ4n) is 2.12. The Labute approximate surface area is 103 Å². The maximum absolute atomic E-state index is 13.8. The van der Waals surface area contributed by atoms with Crippen molar-refractivity contribution in [2.45, 2.75) is 19.1 Å². The number of anilines is 1. The van der Waals surface area contributed by atoms with Crippen LogP contribution in [-0.2, 0) is 6.18 Å². The minimum Gasteiger partial charge on any atom is -0.364 e. The minimum atomic E-state index is -4.51. The van der Waals surface area contributed by atoms with Gasteiger partial charge in [0.2, 0.25) is 0 Å². The lowest BCUT2D eigenvalue weighted by molar-refractivity contribution is -0.137. The van der Waals surface area contributed by atoms with E-state index < -0.39 is 17.6 Å². The van der Waals surface area contributed by atoms with Crippen molar-refractivity contribution in [3.05, 3.63) is 29.6 Å². The number of piperazine rings is 1. The van der Waals surface area contributed by atoms with Gasteiger partial charge in [-0.15, -0.1) is 0 Å². The molecular formula is C12H14F4N2. The molecule has 1 aliphatic heterocycles. The van der Waals surface area contributed by atoms with Gasteiger partial charge in [0.05, 0.1) is 11.3 Å². The third-order valence-electron chi connectivity index (χ3n) is 3.09. The molecule has 2 rings (SSSR count). The maximum Gasteiger partial charge on any atom is 0.416 e. The number of alkyl halides is 3. The van der Waals surface area contributed by atoms with Crippen molar-refractivity contribution in [1.29, 1.82) is 0 Å². The summed E-state index contributed by atoms with van der Waals surface area (Å²) in [6.07, 6.45) is -4.51. The highest BCUT2D eigenvalue weighted by Gasteiger charge is 2.32. The van der Waals surface area contributed by atoms with E-state index in [0.717, 1.165) is 6.07 Å². The van der Waals surface area contributed by atoms with Gasteiger partial charge in [0.25, 0.3) is 0 Å². The van der Waals surface area contributed by atoms with Gasteiger partial charge in [-0.25, -0.2) is 4.39 Å². The number of hydrogen-bond donors (Lipinski definition) is 1. The Morgan fingerprint density at radius 1 is 1.33 bits per heavy atom. The SMILES string of the molecule is C[C@@H]1CNCCN1c1ccc(C(F)(F)F)cc1F. The van der Waals surface area contributed by atoms with Gasteiger partial charge in [-0.05, 0) is 25.1 Å². The zero-order valence-electron chi connectivity index (χ0n) is 9.89. The van der Waals surface area contributed by atoms with Crippen LogP contribution in [0.4, 0.5) is 23.2 Å². The lowest BCUT2D eigenvalue weighted by Gasteiger charge is -2.36. The van der Waals surface area contributed by atoms with Gasteiger partial charge in [-0.2, -0.15) is 13.2 Å². The lowest BCUT2D eigenvalue weighted by atomic mass is 10.1. The summed E-state index contributed by atoms with van der Waals surface area (Å²) in [5, 5.41) is 3.15. The van der Waals surface area contributed by atoms with Crippen molar-refractivity contribution in [2.75, 3.05) is 24.5 Å². The molecule has 0 spiro atoms. The molecule has 2 nitrogen and oxygen atoms in total. The summed E-state index contributed by atoms with van der Waals surface area (Å²) in [5.74, 6) is -0.821. The average molecular weight is 262 g/mol. The largest absolute Gasteiger partial charge is 0.416 e. The van der Waals surface area contributed by atoms with Gasteiger partial charge in [0.15, 0.2) is 0 Å². The van der Waals surface area contributed by atoms with Crippen LogP contribution < -0.4 is 10.2 Å². The summed E-state index contributed by atoms with van der Waals surface area (Å²) < 4.78 is 51.1. The second-order valence-electron chi connectivity index (χ2n) is 4.41. The first-order valence-corrected chi connectivity index (χ1v) is 5.73. The first-order valence-electron chi connectivity index (χ1n) is 5.73. The van der Waals surface area contributed by atoms with Crippen LogP contribution >= 0.6 is 0 Å². The van der Waals surface area contributed by atoms with E-state index in [9.17, 15) is 17.6 Å². The highest BCUT2D eigenvalue weighted by molar-refractivity contribution is 5.51. The molecule has 0 radical (unpaired) electrons. The van der Waals surface area contributed by atoms with Crippen LogP contribution in [0.1, 0.15) is 12.5 Å². The molecule has 18 heavy (non-hydrogen) atoms. The van der Waals surface area contributed by atoms with Crippen LogP contribution in [0.2, 0.25) is 0 Å². The van der Waals surface area contributed by atoms with Crippen molar-refractivity contribution in [3.8, 4) is 0 Å². The molecule has 1 heterocycles. The molecule has 1 atom stereocenters. The Hall–Kier alpha value is -1.30. The van der Waals surface area contributed by atoms with E-state index in [2.05, 4.69) is 5.32 Å². The first-order chi connectivity index (χ1) is 8.39. The molecule has 1 aromatic rings. The van der Waals surface area contributed by atoms with Crippen molar-refractivity contribution in [2.24, 2.45) is 0 Å². The van der Waals surface area contributed by atoms with E-state index >= 15 is 0 Å². The quantitative estimate of drug-likeness (QED) is 0.783. The van der Waals surface area contributed by atoms with Gasteiger partial charge >= 0.3 is 6.18 Å². The summed E-state index contributed by atoms with van der Waals surface area (Å²) in [4.78, 5) is 1.78. The Morgan fingerprint density at radius 3 is 2.61 bits per heavy atom. The molecule has 0 aliphatic carbocycles. The Kier molecular flexibility index (Phi) is 3.47. The standard InChI is InChI=1S/C12H14F4N2/c1-8-7-17-4-5-18(8)11-3-2-9(6-10(11)13)12(14,15)16/h2-3,6,8,17H,4-5,7H2,1H3/t8-/m1/s1. The molecule has 1 aliphatic rings. The summed E-state index contributed by atoms with van der Waals surface area (Å²) in [7, 11) is 0. The molecule has 1 aromatic carbocycles. The molecular weight excluding hydrogens is 248 g/mol. The monoisotopic (exact) mass is 262 g/mol. The van der Waals surface area contributed by atoms with Gasteiger partial charge in [0.1, 0.15) is 5.82 Å². The van der Waals surface area contributed by atoms with Crippen molar-refractivity contribution in [3.63, 3.8) is 0 Å². The second kappa shape index (κ2) is 4.76. The average Bonchev–Trinajstić information content (AvgIpc) is 2.29.